The number of rotatable bonds is 2. The first kappa shape index (κ1) is 18.1. The van der Waals surface area contributed by atoms with E-state index in [1.165, 1.54) is 32.1 Å². The lowest BCUT2D eigenvalue weighted by molar-refractivity contribution is 0.0605. The molecule has 0 heterocycles. The Kier molecular flexibility index (Phi) is 6.61. The summed E-state index contributed by atoms with van der Waals surface area (Å²) in [6.45, 7) is 18.8. The van der Waals surface area contributed by atoms with Crippen molar-refractivity contribution in [1.82, 2.24) is 0 Å². The third-order valence-electron chi connectivity index (χ3n) is 6.09. The zero-order valence-electron chi connectivity index (χ0n) is 15.5. The van der Waals surface area contributed by atoms with Crippen molar-refractivity contribution in [3.8, 4) is 0 Å². The predicted octanol–water partition coefficient (Wildman–Crippen LogP) is 6.79. The van der Waals surface area contributed by atoms with E-state index in [0.29, 0.717) is 5.41 Å². The molecule has 0 saturated heterocycles. The molecule has 0 aromatic rings. The van der Waals surface area contributed by atoms with Gasteiger partial charge >= 0.3 is 0 Å². The van der Waals surface area contributed by atoms with E-state index in [9.17, 15) is 0 Å². The van der Waals surface area contributed by atoms with Crippen molar-refractivity contribution < 1.29 is 0 Å². The van der Waals surface area contributed by atoms with Gasteiger partial charge in [0.05, 0.1) is 0 Å². The number of hydrogen-bond acceptors (Lipinski definition) is 0. The lowest BCUT2D eigenvalue weighted by Crippen LogP contribution is -2.35. The van der Waals surface area contributed by atoms with Gasteiger partial charge in [0.15, 0.2) is 0 Å². The molecule has 0 aromatic carbocycles. The largest absolute Gasteiger partial charge is 0.0683 e. The molecule has 2 saturated carbocycles. The quantitative estimate of drug-likeness (QED) is 0.522. The molecule has 2 fully saturated rings. The van der Waals surface area contributed by atoms with Crippen molar-refractivity contribution in [3.63, 3.8) is 0 Å². The topological polar surface area (TPSA) is 0 Å². The zero-order valence-corrected chi connectivity index (χ0v) is 15.5. The van der Waals surface area contributed by atoms with Crippen LogP contribution in [0.1, 0.15) is 87.5 Å². The molecule has 0 nitrogen and oxygen atoms in total. The fraction of sp³-hybridized carbons (Fsp3) is 1.00. The maximum atomic E-state index is 2.57. The Hall–Kier alpha value is 0. The van der Waals surface area contributed by atoms with Crippen LogP contribution in [-0.4, -0.2) is 0 Å². The fourth-order valence-corrected chi connectivity index (χ4v) is 5.34. The molecule has 20 heavy (non-hydrogen) atoms. The first-order valence-corrected chi connectivity index (χ1v) is 9.29. The highest BCUT2D eigenvalue weighted by atomic mass is 14.5. The van der Waals surface area contributed by atoms with Crippen LogP contribution in [0.25, 0.3) is 0 Å². The van der Waals surface area contributed by atoms with Gasteiger partial charge in [0.25, 0.3) is 0 Å². The highest BCUT2D eigenvalue weighted by Crippen LogP contribution is 2.52. The van der Waals surface area contributed by atoms with Gasteiger partial charge in [-0.3, -0.25) is 0 Å². The smallest absolute Gasteiger partial charge is 0.0355 e. The summed E-state index contributed by atoms with van der Waals surface area (Å²) in [6, 6.07) is 0. The summed E-state index contributed by atoms with van der Waals surface area (Å²) in [5.74, 6) is 6.02. The minimum Gasteiger partial charge on any atom is -0.0683 e. The van der Waals surface area contributed by atoms with E-state index >= 15 is 0 Å². The maximum absolute atomic E-state index is 2.57. The van der Waals surface area contributed by atoms with Gasteiger partial charge in [-0.05, 0) is 66.6 Å². The summed E-state index contributed by atoms with van der Waals surface area (Å²) in [5.41, 5.74) is 0.499. The molecule has 0 bridgehead atoms. The maximum Gasteiger partial charge on any atom is -0.0355 e. The molecule has 0 aliphatic heterocycles. The third kappa shape index (κ3) is 4.25. The van der Waals surface area contributed by atoms with Crippen LogP contribution in [0.3, 0.4) is 0 Å². The summed E-state index contributed by atoms with van der Waals surface area (Å²) in [5, 5.41) is 0. The molecule has 0 spiro atoms. The average molecular weight is 281 g/mol. The van der Waals surface area contributed by atoms with E-state index in [0.717, 1.165) is 35.5 Å². The molecule has 120 valence electrons. The van der Waals surface area contributed by atoms with Gasteiger partial charge in [0.2, 0.25) is 0 Å². The van der Waals surface area contributed by atoms with Gasteiger partial charge in [-0.1, -0.05) is 61.8 Å². The standard InChI is InChI=1S/C18H34.C2H6/c1-12-7-8-17-14(3)15(9-10-16(12)17)13(2)11-18(4,5)6;1-2/h12-17H,7-11H2,1-6H3;1-2H3. The highest BCUT2D eigenvalue weighted by molar-refractivity contribution is 4.93. The van der Waals surface area contributed by atoms with Gasteiger partial charge < -0.3 is 0 Å². The number of fused-ring (bicyclic) bond motifs is 1. The van der Waals surface area contributed by atoms with E-state index in [1.54, 1.807) is 0 Å². The van der Waals surface area contributed by atoms with Crippen molar-refractivity contribution in [2.75, 3.05) is 0 Å². The molecule has 0 N–H and O–H groups in total. The Balaban J connectivity index is 0.000000956. The molecule has 2 aliphatic rings. The molecule has 6 atom stereocenters. The fourth-order valence-electron chi connectivity index (χ4n) is 5.34. The van der Waals surface area contributed by atoms with E-state index < -0.39 is 0 Å². The SMILES string of the molecule is CC.CC(CC(C)(C)C)C1CCC2C(C)CCC2C1C. The van der Waals surface area contributed by atoms with Crippen molar-refractivity contribution in [3.05, 3.63) is 0 Å². The van der Waals surface area contributed by atoms with E-state index in [4.69, 9.17) is 0 Å². The van der Waals surface area contributed by atoms with Crippen LogP contribution in [0, 0.1) is 40.9 Å². The molecule has 6 unspecified atom stereocenters. The van der Waals surface area contributed by atoms with E-state index in [1.807, 2.05) is 13.8 Å². The third-order valence-corrected chi connectivity index (χ3v) is 6.09. The van der Waals surface area contributed by atoms with Crippen LogP contribution in [-0.2, 0) is 0 Å². The van der Waals surface area contributed by atoms with E-state index in [-0.39, 0.29) is 0 Å². The molecule has 0 amide bonds. The summed E-state index contributed by atoms with van der Waals surface area (Å²) in [4.78, 5) is 0. The van der Waals surface area contributed by atoms with Crippen LogP contribution in [0.15, 0.2) is 0 Å². The molecule has 2 rings (SSSR count). The van der Waals surface area contributed by atoms with Crippen LogP contribution in [0.2, 0.25) is 0 Å². The van der Waals surface area contributed by atoms with Crippen molar-refractivity contribution in [1.29, 1.82) is 0 Å². The Morgan fingerprint density at radius 3 is 2.00 bits per heavy atom. The minimum absolute atomic E-state index is 0.499. The van der Waals surface area contributed by atoms with E-state index in [2.05, 4.69) is 41.5 Å². The predicted molar refractivity (Wildman–Crippen MR) is 91.9 cm³/mol. The van der Waals surface area contributed by atoms with Crippen LogP contribution < -0.4 is 0 Å². The second kappa shape index (κ2) is 7.32. The van der Waals surface area contributed by atoms with Gasteiger partial charge in [0, 0.05) is 0 Å². The molecular weight excluding hydrogens is 240 g/mol. The van der Waals surface area contributed by atoms with Gasteiger partial charge in [-0.2, -0.15) is 0 Å². The molecule has 0 aromatic heterocycles. The molecular formula is C20H40. The molecule has 0 heteroatoms. The van der Waals surface area contributed by atoms with Gasteiger partial charge in [0.1, 0.15) is 0 Å². The Labute approximate surface area is 129 Å². The second-order valence-corrected chi connectivity index (χ2v) is 8.72. The first-order chi connectivity index (χ1) is 9.29. The minimum atomic E-state index is 0.499. The lowest BCUT2D eigenvalue weighted by Gasteiger charge is -2.43. The van der Waals surface area contributed by atoms with Crippen LogP contribution >= 0.6 is 0 Å². The van der Waals surface area contributed by atoms with Crippen molar-refractivity contribution in [2.24, 2.45) is 40.9 Å². The van der Waals surface area contributed by atoms with Crippen molar-refractivity contribution in [2.45, 2.75) is 87.5 Å². The monoisotopic (exact) mass is 280 g/mol. The first-order valence-electron chi connectivity index (χ1n) is 9.29. The Morgan fingerprint density at radius 2 is 1.45 bits per heavy atom. The molecule has 0 radical (unpaired) electrons. The normalized spacial score (nSPS) is 38.7. The van der Waals surface area contributed by atoms with Crippen molar-refractivity contribution >= 4 is 0 Å². The summed E-state index contributed by atoms with van der Waals surface area (Å²) >= 11 is 0. The van der Waals surface area contributed by atoms with Gasteiger partial charge in [-0.15, -0.1) is 0 Å². The molecule has 2 aliphatic carbocycles. The summed E-state index contributed by atoms with van der Waals surface area (Å²) < 4.78 is 0. The summed E-state index contributed by atoms with van der Waals surface area (Å²) in [6.07, 6.45) is 7.44. The van der Waals surface area contributed by atoms with Gasteiger partial charge in [-0.25, -0.2) is 0 Å². The lowest BCUT2D eigenvalue weighted by atomic mass is 9.62. The van der Waals surface area contributed by atoms with Crippen LogP contribution in [0.5, 0.6) is 0 Å². The summed E-state index contributed by atoms with van der Waals surface area (Å²) in [7, 11) is 0. The van der Waals surface area contributed by atoms with Crippen LogP contribution in [0.4, 0.5) is 0 Å². The highest BCUT2D eigenvalue weighted by Gasteiger charge is 2.44. The zero-order chi connectivity index (χ0) is 15.5. The second-order valence-electron chi connectivity index (χ2n) is 8.72. The average Bonchev–Trinajstić information content (AvgIpc) is 2.73. The Morgan fingerprint density at radius 1 is 0.900 bits per heavy atom. The number of hydrogen-bond donors (Lipinski definition) is 0. The Bertz CT molecular complexity index is 272.